The molecule has 5 heteroatoms. The number of nitrogens with two attached hydrogens (primary N) is 1. The molecule has 0 aliphatic carbocycles. The molecule has 0 aliphatic heterocycles. The molecule has 0 spiro atoms. The third-order valence-corrected chi connectivity index (χ3v) is 2.88. The van der Waals surface area contributed by atoms with Crippen molar-refractivity contribution in [2.45, 2.75) is 6.42 Å². The fourth-order valence-corrected chi connectivity index (χ4v) is 1.86. The maximum absolute atomic E-state index is 13.0. The van der Waals surface area contributed by atoms with E-state index in [9.17, 15) is 4.39 Å². The van der Waals surface area contributed by atoms with E-state index in [1.807, 2.05) is 13.1 Å². The highest BCUT2D eigenvalue weighted by Crippen LogP contribution is 2.24. The summed E-state index contributed by atoms with van der Waals surface area (Å²) in [6.07, 6.45) is 0.762. The summed E-state index contributed by atoms with van der Waals surface area (Å²) in [7, 11) is 1.86. The van der Waals surface area contributed by atoms with Gasteiger partial charge < -0.3 is 5.73 Å². The molecule has 2 rings (SSSR count). The van der Waals surface area contributed by atoms with Crippen LogP contribution in [0.1, 0.15) is 5.69 Å². The number of rotatable bonds is 3. The summed E-state index contributed by atoms with van der Waals surface area (Å²) >= 11 is 5.74. The average molecular weight is 254 g/mol. The van der Waals surface area contributed by atoms with E-state index < -0.39 is 5.82 Å². The Bertz CT molecular complexity index is 537. The molecule has 0 bridgehead atoms. The minimum Gasteiger partial charge on any atom is -0.330 e. The normalized spacial score (nSPS) is 10.8. The van der Waals surface area contributed by atoms with Crippen LogP contribution in [0.4, 0.5) is 4.39 Å². The Hall–Kier alpha value is -1.39. The maximum atomic E-state index is 13.0. The number of aromatic nitrogens is 2. The van der Waals surface area contributed by atoms with Gasteiger partial charge in [0.05, 0.1) is 10.7 Å². The summed E-state index contributed by atoms with van der Waals surface area (Å²) in [5.74, 6) is -0.423. The predicted octanol–water partition coefficient (Wildman–Crippen LogP) is 2.38. The van der Waals surface area contributed by atoms with Gasteiger partial charge in [0, 0.05) is 24.7 Å². The second kappa shape index (κ2) is 4.85. The van der Waals surface area contributed by atoms with Crippen LogP contribution >= 0.6 is 11.6 Å². The van der Waals surface area contributed by atoms with Crippen LogP contribution < -0.4 is 5.73 Å². The molecular formula is C12H13ClFN3. The van der Waals surface area contributed by atoms with Gasteiger partial charge in [-0.2, -0.15) is 5.10 Å². The molecule has 90 valence electrons. The van der Waals surface area contributed by atoms with Crippen LogP contribution in [0.15, 0.2) is 24.3 Å². The van der Waals surface area contributed by atoms with Crippen molar-refractivity contribution >= 4 is 11.6 Å². The van der Waals surface area contributed by atoms with Crippen molar-refractivity contribution in [3.8, 4) is 11.3 Å². The molecule has 2 N–H and O–H groups in total. The zero-order valence-corrected chi connectivity index (χ0v) is 10.2. The Morgan fingerprint density at radius 3 is 2.82 bits per heavy atom. The summed E-state index contributed by atoms with van der Waals surface area (Å²) in [4.78, 5) is 0. The lowest BCUT2D eigenvalue weighted by atomic mass is 10.1. The fraction of sp³-hybridized carbons (Fsp3) is 0.250. The van der Waals surface area contributed by atoms with Crippen molar-refractivity contribution in [2.24, 2.45) is 12.8 Å². The van der Waals surface area contributed by atoms with Gasteiger partial charge in [-0.25, -0.2) is 4.39 Å². The molecule has 0 fully saturated rings. The Morgan fingerprint density at radius 2 is 2.18 bits per heavy atom. The smallest absolute Gasteiger partial charge is 0.141 e. The molecule has 0 saturated carbocycles. The van der Waals surface area contributed by atoms with Crippen LogP contribution in [0.2, 0.25) is 5.02 Å². The molecule has 0 aliphatic rings. The van der Waals surface area contributed by atoms with Gasteiger partial charge in [0.15, 0.2) is 0 Å². The monoisotopic (exact) mass is 253 g/mol. The van der Waals surface area contributed by atoms with E-state index in [1.54, 1.807) is 16.8 Å². The summed E-state index contributed by atoms with van der Waals surface area (Å²) in [5, 5.41) is 4.46. The maximum Gasteiger partial charge on any atom is 0.141 e. The second-order valence-corrected chi connectivity index (χ2v) is 4.22. The number of hydrogen-bond acceptors (Lipinski definition) is 2. The topological polar surface area (TPSA) is 43.8 Å². The van der Waals surface area contributed by atoms with Crippen molar-refractivity contribution in [1.29, 1.82) is 0 Å². The molecule has 0 saturated heterocycles. The highest BCUT2D eigenvalue weighted by atomic mass is 35.5. The van der Waals surface area contributed by atoms with E-state index in [1.165, 1.54) is 6.07 Å². The predicted molar refractivity (Wildman–Crippen MR) is 66.4 cm³/mol. The third kappa shape index (κ3) is 2.48. The molecule has 3 nitrogen and oxygen atoms in total. The van der Waals surface area contributed by atoms with Crippen LogP contribution in [0.5, 0.6) is 0 Å². The standard InChI is InChI=1S/C12H13ClFN3/c1-17-9(4-5-15)7-12(16-17)8-2-3-11(14)10(13)6-8/h2-3,6-7H,4-5,15H2,1H3. The van der Waals surface area contributed by atoms with Crippen molar-refractivity contribution in [1.82, 2.24) is 9.78 Å². The van der Waals surface area contributed by atoms with E-state index in [-0.39, 0.29) is 5.02 Å². The number of benzene rings is 1. The number of halogens is 2. The molecule has 0 radical (unpaired) electrons. The van der Waals surface area contributed by atoms with Crippen molar-refractivity contribution in [3.05, 3.63) is 40.8 Å². The zero-order valence-electron chi connectivity index (χ0n) is 9.45. The summed E-state index contributed by atoms with van der Waals surface area (Å²) < 4.78 is 14.8. The summed E-state index contributed by atoms with van der Waals surface area (Å²) in [6.45, 7) is 0.573. The van der Waals surface area contributed by atoms with E-state index in [0.717, 1.165) is 23.4 Å². The van der Waals surface area contributed by atoms with Gasteiger partial charge in [-0.3, -0.25) is 4.68 Å². The molecule has 0 amide bonds. The van der Waals surface area contributed by atoms with E-state index in [0.29, 0.717) is 6.54 Å². The lowest BCUT2D eigenvalue weighted by molar-refractivity contribution is 0.628. The van der Waals surface area contributed by atoms with Crippen LogP contribution in [-0.4, -0.2) is 16.3 Å². The van der Waals surface area contributed by atoms with Crippen LogP contribution in [0.3, 0.4) is 0 Å². The largest absolute Gasteiger partial charge is 0.330 e. The third-order valence-electron chi connectivity index (χ3n) is 2.59. The van der Waals surface area contributed by atoms with Crippen molar-refractivity contribution in [2.75, 3.05) is 6.54 Å². The first-order valence-electron chi connectivity index (χ1n) is 5.30. The SMILES string of the molecule is Cn1nc(-c2ccc(F)c(Cl)c2)cc1CCN. The first kappa shape index (κ1) is 12.1. The van der Waals surface area contributed by atoms with Gasteiger partial charge in [0.1, 0.15) is 5.82 Å². The van der Waals surface area contributed by atoms with Gasteiger partial charge in [-0.1, -0.05) is 11.6 Å². The fourth-order valence-electron chi connectivity index (χ4n) is 1.68. The molecule has 1 aromatic heterocycles. The molecule has 2 aromatic rings. The van der Waals surface area contributed by atoms with Gasteiger partial charge in [0.2, 0.25) is 0 Å². The van der Waals surface area contributed by atoms with Crippen LogP contribution in [0.25, 0.3) is 11.3 Å². The van der Waals surface area contributed by atoms with Crippen LogP contribution in [0, 0.1) is 5.82 Å². The molecule has 17 heavy (non-hydrogen) atoms. The second-order valence-electron chi connectivity index (χ2n) is 3.81. The highest BCUT2D eigenvalue weighted by molar-refractivity contribution is 6.31. The summed E-state index contributed by atoms with van der Waals surface area (Å²) in [5.41, 5.74) is 8.13. The number of aryl methyl sites for hydroxylation is 1. The molecule has 1 heterocycles. The Labute approximate surface area is 104 Å². The first-order valence-corrected chi connectivity index (χ1v) is 5.68. The Morgan fingerprint density at radius 1 is 1.41 bits per heavy atom. The molecular weight excluding hydrogens is 241 g/mol. The Kier molecular flexibility index (Phi) is 3.45. The molecule has 0 atom stereocenters. The number of hydrogen-bond donors (Lipinski definition) is 1. The molecule has 0 unspecified atom stereocenters. The van der Waals surface area contributed by atoms with E-state index in [2.05, 4.69) is 5.10 Å². The number of nitrogens with zero attached hydrogens (tertiary/aromatic N) is 2. The molecule has 1 aromatic carbocycles. The van der Waals surface area contributed by atoms with Crippen LogP contribution in [-0.2, 0) is 13.5 Å². The minimum absolute atomic E-state index is 0.105. The van der Waals surface area contributed by atoms with Crippen molar-refractivity contribution in [3.63, 3.8) is 0 Å². The zero-order chi connectivity index (χ0) is 12.4. The summed E-state index contributed by atoms with van der Waals surface area (Å²) in [6, 6.07) is 6.52. The first-order chi connectivity index (χ1) is 8.11. The Balaban J connectivity index is 2.39. The highest BCUT2D eigenvalue weighted by Gasteiger charge is 2.08. The lowest BCUT2D eigenvalue weighted by Gasteiger charge is -1.98. The van der Waals surface area contributed by atoms with Gasteiger partial charge in [-0.05, 0) is 30.8 Å². The minimum atomic E-state index is -0.423. The lowest BCUT2D eigenvalue weighted by Crippen LogP contribution is -2.06. The quantitative estimate of drug-likeness (QED) is 0.913. The van der Waals surface area contributed by atoms with Crippen molar-refractivity contribution < 1.29 is 4.39 Å². The van der Waals surface area contributed by atoms with E-state index in [4.69, 9.17) is 17.3 Å². The van der Waals surface area contributed by atoms with Gasteiger partial charge >= 0.3 is 0 Å². The average Bonchev–Trinajstić information content (AvgIpc) is 2.65. The van der Waals surface area contributed by atoms with Gasteiger partial charge in [-0.15, -0.1) is 0 Å². The van der Waals surface area contributed by atoms with Gasteiger partial charge in [0.25, 0.3) is 0 Å². The van der Waals surface area contributed by atoms with E-state index >= 15 is 0 Å².